The van der Waals surface area contributed by atoms with Crippen LogP contribution in [0.25, 0.3) is 22.0 Å². The van der Waals surface area contributed by atoms with Crippen molar-refractivity contribution in [3.8, 4) is 16.9 Å². The van der Waals surface area contributed by atoms with Gasteiger partial charge in [0, 0.05) is 18.5 Å². The molecule has 0 spiro atoms. The molecule has 35 heavy (non-hydrogen) atoms. The first kappa shape index (κ1) is 23.8. The van der Waals surface area contributed by atoms with Crippen molar-refractivity contribution in [3.63, 3.8) is 0 Å². The van der Waals surface area contributed by atoms with Gasteiger partial charge in [0.05, 0.1) is 10.9 Å². The fourth-order valence-corrected chi connectivity index (χ4v) is 3.46. The summed E-state index contributed by atoms with van der Waals surface area (Å²) in [4.78, 5) is 12.2. The van der Waals surface area contributed by atoms with Crippen LogP contribution in [0, 0.1) is 5.82 Å². The normalized spacial score (nSPS) is 11.5. The van der Waals surface area contributed by atoms with Crippen LogP contribution in [-0.4, -0.2) is 30.1 Å². The zero-order valence-electron chi connectivity index (χ0n) is 18.2. The molecule has 0 saturated carbocycles. The topological polar surface area (TPSA) is 114 Å². The first-order valence-electron chi connectivity index (χ1n) is 10.1. The molecule has 4 aromatic rings. The van der Waals surface area contributed by atoms with Crippen LogP contribution in [0.15, 0.2) is 54.6 Å². The highest BCUT2D eigenvalue weighted by molar-refractivity contribution is 6.04. The van der Waals surface area contributed by atoms with Crippen molar-refractivity contribution >= 4 is 34.1 Å². The summed E-state index contributed by atoms with van der Waals surface area (Å²) in [5.41, 5.74) is 6.86. The third kappa shape index (κ3) is 5.11. The van der Waals surface area contributed by atoms with Gasteiger partial charge in [-0.3, -0.25) is 5.10 Å². The molecule has 0 radical (unpaired) electrons. The van der Waals surface area contributed by atoms with Crippen LogP contribution in [0.3, 0.4) is 0 Å². The van der Waals surface area contributed by atoms with Crippen LogP contribution in [0.2, 0.25) is 0 Å². The van der Waals surface area contributed by atoms with E-state index in [-0.39, 0.29) is 18.3 Å². The summed E-state index contributed by atoms with van der Waals surface area (Å²) in [6.45, 7) is 0.0469. The summed E-state index contributed by atoms with van der Waals surface area (Å²) in [5.74, 6) is -0.638. The molecule has 0 fully saturated rings. The fourth-order valence-electron chi connectivity index (χ4n) is 3.46. The van der Waals surface area contributed by atoms with Gasteiger partial charge in [0.15, 0.2) is 12.6 Å². The monoisotopic (exact) mass is 489 g/mol. The third-order valence-corrected chi connectivity index (χ3v) is 5.03. The number of benzene rings is 3. The summed E-state index contributed by atoms with van der Waals surface area (Å²) in [6, 6.07) is 11.6. The Bertz CT molecular complexity index is 1370. The molecule has 2 amide bonds. The molecular formula is C23H19F4N5O3. The Morgan fingerprint density at radius 2 is 1.74 bits per heavy atom. The SMILES string of the molecule is COCOc1ccc(-c2ccc(NC(=O)Nc3ccc(F)c(C(F)(F)F)c3)cc2)c2c(N)n[nH]c12. The molecule has 182 valence electrons. The number of alkyl halides is 3. The highest BCUT2D eigenvalue weighted by Gasteiger charge is 2.34. The lowest BCUT2D eigenvalue weighted by atomic mass is 10.0. The molecule has 0 aliphatic heterocycles. The van der Waals surface area contributed by atoms with E-state index in [9.17, 15) is 22.4 Å². The molecule has 0 bridgehead atoms. The smallest absolute Gasteiger partial charge is 0.419 e. The van der Waals surface area contributed by atoms with E-state index in [1.807, 2.05) is 0 Å². The third-order valence-electron chi connectivity index (χ3n) is 5.03. The van der Waals surface area contributed by atoms with Gasteiger partial charge in [-0.1, -0.05) is 12.1 Å². The predicted octanol–water partition coefficient (Wildman–Crippen LogP) is 5.60. The average Bonchev–Trinajstić information content (AvgIpc) is 3.20. The van der Waals surface area contributed by atoms with Crippen molar-refractivity contribution in [1.82, 2.24) is 10.2 Å². The summed E-state index contributed by atoms with van der Waals surface area (Å²) in [7, 11) is 1.50. The van der Waals surface area contributed by atoms with Crippen LogP contribution >= 0.6 is 0 Å². The number of anilines is 3. The highest BCUT2D eigenvalue weighted by atomic mass is 19.4. The predicted molar refractivity (Wildman–Crippen MR) is 122 cm³/mol. The Labute approximate surface area is 196 Å². The molecule has 3 aromatic carbocycles. The zero-order chi connectivity index (χ0) is 25.2. The number of hydrogen-bond donors (Lipinski definition) is 4. The lowest BCUT2D eigenvalue weighted by molar-refractivity contribution is -0.139. The second kappa shape index (κ2) is 9.50. The molecule has 0 aliphatic rings. The Balaban J connectivity index is 1.51. The number of aromatic amines is 1. The first-order valence-corrected chi connectivity index (χ1v) is 10.1. The fraction of sp³-hybridized carbons (Fsp3) is 0.130. The highest BCUT2D eigenvalue weighted by Crippen LogP contribution is 2.37. The lowest BCUT2D eigenvalue weighted by Gasteiger charge is -2.12. The number of fused-ring (bicyclic) bond motifs is 1. The van der Waals surface area contributed by atoms with E-state index in [1.165, 1.54) is 7.11 Å². The lowest BCUT2D eigenvalue weighted by Crippen LogP contribution is -2.20. The van der Waals surface area contributed by atoms with Gasteiger partial charge in [-0.05, 0) is 53.6 Å². The molecule has 12 heteroatoms. The number of amides is 2. The molecule has 1 heterocycles. The standard InChI is InChI=1S/C23H19F4N5O3/c1-34-11-35-18-9-7-15(19-20(18)31-32-21(19)28)12-2-4-13(5-3-12)29-22(33)30-14-6-8-17(24)16(10-14)23(25,26)27/h2-10H,11H2,1H3,(H3,28,31,32)(H2,29,30,33). The summed E-state index contributed by atoms with van der Waals surface area (Å²) in [5, 5.41) is 12.3. The van der Waals surface area contributed by atoms with Gasteiger partial charge in [-0.15, -0.1) is 0 Å². The zero-order valence-corrected chi connectivity index (χ0v) is 18.2. The summed E-state index contributed by atoms with van der Waals surface area (Å²) >= 11 is 0. The number of hydrogen-bond acceptors (Lipinski definition) is 5. The van der Waals surface area contributed by atoms with E-state index >= 15 is 0 Å². The van der Waals surface area contributed by atoms with E-state index in [2.05, 4.69) is 20.8 Å². The number of methoxy groups -OCH3 is 1. The number of nitrogens with one attached hydrogen (secondary N) is 3. The average molecular weight is 489 g/mol. The Kier molecular flexibility index (Phi) is 6.47. The van der Waals surface area contributed by atoms with Crippen LogP contribution in [0.5, 0.6) is 5.75 Å². The molecule has 0 aliphatic carbocycles. The number of carbonyl (C=O) groups is 1. The minimum atomic E-state index is -4.88. The van der Waals surface area contributed by atoms with Gasteiger partial charge in [0.2, 0.25) is 0 Å². The number of halogens is 4. The van der Waals surface area contributed by atoms with Gasteiger partial charge in [0.25, 0.3) is 0 Å². The number of carbonyl (C=O) groups excluding carboxylic acids is 1. The van der Waals surface area contributed by atoms with Crippen LogP contribution in [0.4, 0.5) is 39.5 Å². The number of urea groups is 1. The van der Waals surface area contributed by atoms with Crippen molar-refractivity contribution in [1.29, 1.82) is 0 Å². The van der Waals surface area contributed by atoms with E-state index < -0.39 is 23.6 Å². The number of nitrogen functional groups attached to an aromatic ring is 1. The Hall–Kier alpha value is -4.32. The number of aromatic nitrogens is 2. The van der Waals surface area contributed by atoms with E-state index in [1.54, 1.807) is 36.4 Å². The largest absolute Gasteiger partial charge is 0.465 e. The van der Waals surface area contributed by atoms with Gasteiger partial charge < -0.3 is 25.8 Å². The maximum atomic E-state index is 13.4. The van der Waals surface area contributed by atoms with E-state index in [0.717, 1.165) is 17.2 Å². The molecule has 8 nitrogen and oxygen atoms in total. The number of nitrogens with two attached hydrogens (primary N) is 1. The van der Waals surface area contributed by atoms with Crippen molar-refractivity contribution < 1.29 is 31.8 Å². The number of rotatable bonds is 6. The molecular weight excluding hydrogens is 470 g/mol. The molecule has 5 N–H and O–H groups in total. The van der Waals surface area contributed by atoms with Crippen molar-refractivity contribution in [2.75, 3.05) is 30.3 Å². The van der Waals surface area contributed by atoms with Crippen LogP contribution < -0.4 is 21.1 Å². The molecule has 0 atom stereocenters. The summed E-state index contributed by atoms with van der Waals surface area (Å²) in [6.07, 6.45) is -4.88. The van der Waals surface area contributed by atoms with Gasteiger partial charge >= 0.3 is 12.2 Å². The van der Waals surface area contributed by atoms with E-state index in [0.29, 0.717) is 34.5 Å². The van der Waals surface area contributed by atoms with Crippen molar-refractivity contribution in [2.24, 2.45) is 0 Å². The maximum Gasteiger partial charge on any atom is 0.419 e. The Morgan fingerprint density at radius 1 is 1.06 bits per heavy atom. The molecule has 1 aromatic heterocycles. The van der Waals surface area contributed by atoms with Crippen LogP contribution in [-0.2, 0) is 10.9 Å². The van der Waals surface area contributed by atoms with Gasteiger partial charge in [-0.2, -0.15) is 18.3 Å². The van der Waals surface area contributed by atoms with Crippen molar-refractivity contribution in [3.05, 3.63) is 66.0 Å². The number of nitrogens with zero attached hydrogens (tertiary/aromatic N) is 1. The molecule has 0 unspecified atom stereocenters. The Morgan fingerprint density at radius 3 is 2.43 bits per heavy atom. The summed E-state index contributed by atoms with van der Waals surface area (Å²) < 4.78 is 62.5. The first-order chi connectivity index (χ1) is 16.7. The van der Waals surface area contributed by atoms with Crippen LogP contribution in [0.1, 0.15) is 5.56 Å². The quantitative estimate of drug-likeness (QED) is 0.208. The van der Waals surface area contributed by atoms with E-state index in [4.69, 9.17) is 15.2 Å². The molecule has 0 saturated heterocycles. The van der Waals surface area contributed by atoms with Gasteiger partial charge in [0.1, 0.15) is 17.1 Å². The maximum absolute atomic E-state index is 13.4. The second-order valence-corrected chi connectivity index (χ2v) is 7.37. The minimum absolute atomic E-state index is 0.0469. The van der Waals surface area contributed by atoms with Gasteiger partial charge in [-0.25, -0.2) is 9.18 Å². The minimum Gasteiger partial charge on any atom is -0.465 e. The van der Waals surface area contributed by atoms with Crippen molar-refractivity contribution in [2.45, 2.75) is 6.18 Å². The number of ether oxygens (including phenoxy) is 2. The molecule has 4 rings (SSSR count). The second-order valence-electron chi connectivity index (χ2n) is 7.37. The number of H-pyrrole nitrogens is 1.